The molecule has 0 spiro atoms. The summed E-state index contributed by atoms with van der Waals surface area (Å²) in [7, 11) is 0. The van der Waals surface area contributed by atoms with Crippen molar-refractivity contribution in [2.45, 2.75) is 50.1 Å². The number of hydrogen-bond acceptors (Lipinski definition) is 4. The van der Waals surface area contributed by atoms with Gasteiger partial charge in [-0.2, -0.15) is 0 Å². The van der Waals surface area contributed by atoms with Gasteiger partial charge in [0.15, 0.2) is 5.66 Å². The van der Waals surface area contributed by atoms with Crippen LogP contribution in [-0.2, 0) is 22.4 Å². The highest BCUT2D eigenvalue weighted by Crippen LogP contribution is 2.48. The molecule has 0 saturated heterocycles. The van der Waals surface area contributed by atoms with E-state index in [1.54, 1.807) is 0 Å². The van der Waals surface area contributed by atoms with Gasteiger partial charge in [-0.1, -0.05) is 54.6 Å². The van der Waals surface area contributed by atoms with E-state index in [0.717, 1.165) is 13.3 Å². The van der Waals surface area contributed by atoms with Gasteiger partial charge in [-0.3, -0.25) is 0 Å². The van der Waals surface area contributed by atoms with Gasteiger partial charge in [-0.05, 0) is 68.1 Å². The molecule has 6 aliphatic heterocycles. The van der Waals surface area contributed by atoms with Crippen molar-refractivity contribution in [1.29, 1.82) is 0 Å². The topological polar surface area (TPSA) is 21.8 Å². The smallest absolute Gasteiger partial charge is 0.207 e. The second-order valence-corrected chi connectivity index (χ2v) is 12.8. The summed E-state index contributed by atoms with van der Waals surface area (Å²) in [4.78, 5) is 10.0. The van der Waals surface area contributed by atoms with Gasteiger partial charge in [0.25, 0.3) is 0 Å². The van der Waals surface area contributed by atoms with E-state index < -0.39 is 22.4 Å². The first-order chi connectivity index (χ1) is 19.8. The molecular formula is C35H34N6. The zero-order valence-corrected chi connectivity index (χ0v) is 24.0. The Hall–Kier alpha value is -4.45. The minimum atomic E-state index is -0.509. The number of imidazole rings is 1. The lowest BCUT2D eigenvalue weighted by Gasteiger charge is -2.51. The van der Waals surface area contributed by atoms with Crippen LogP contribution in [0.25, 0.3) is 0 Å². The molecule has 0 N–H and O–H groups in total. The van der Waals surface area contributed by atoms with Crippen molar-refractivity contribution < 1.29 is 4.57 Å². The molecule has 41 heavy (non-hydrogen) atoms. The van der Waals surface area contributed by atoms with Crippen LogP contribution < -0.4 is 4.57 Å². The molecule has 6 aliphatic rings. The molecule has 4 atom stereocenters. The minimum absolute atomic E-state index is 0.396. The standard InChI is InChI=1S/C35H34N6/c1-32-26-8-5-9-27(20-26)33(2)29-11-7-13-31(22-29)35(4,38-16-14-36(32)23-38)41-19-18-40(25-41)34(3,39-17-15-37(33)24-39)30-12-6-10-28(32)21-30/h5-22H,23,25H2,1-4H3. The minimum Gasteiger partial charge on any atom is -0.345 e. The van der Waals surface area contributed by atoms with Gasteiger partial charge in [0.1, 0.15) is 11.2 Å². The van der Waals surface area contributed by atoms with Gasteiger partial charge in [-0.15, -0.1) is 0 Å². The van der Waals surface area contributed by atoms with E-state index in [2.05, 4.69) is 173 Å². The van der Waals surface area contributed by atoms with Crippen molar-refractivity contribution in [3.63, 3.8) is 0 Å². The van der Waals surface area contributed by atoms with Crippen molar-refractivity contribution in [1.82, 2.24) is 24.2 Å². The Labute approximate surface area is 241 Å². The first-order valence-corrected chi connectivity index (χ1v) is 14.6. The molecule has 7 heterocycles. The monoisotopic (exact) mass is 538 g/mol. The Morgan fingerprint density at radius 3 is 1.71 bits per heavy atom. The third kappa shape index (κ3) is 2.58. The van der Waals surface area contributed by atoms with Crippen molar-refractivity contribution >= 4 is 0 Å². The van der Waals surface area contributed by atoms with E-state index >= 15 is 0 Å². The SMILES string of the molecule is CC12c3cccc(c3)C3(C)N4C=CN(C4)C(C)(c4cccc(c4)C(C)(c4cccc1c4)[n+]1[c-]n3cc1)N1C=CN2C1. The second kappa shape index (κ2) is 7.24. The molecule has 6 heteroatoms. The summed E-state index contributed by atoms with van der Waals surface area (Å²) in [5.74, 6) is 0. The van der Waals surface area contributed by atoms with Crippen LogP contribution in [0.3, 0.4) is 0 Å². The predicted octanol–water partition coefficient (Wildman–Crippen LogP) is 4.98. The van der Waals surface area contributed by atoms with Gasteiger partial charge in [0.2, 0.25) is 6.33 Å². The number of nitrogens with zero attached hydrogens (tertiary/aromatic N) is 6. The molecule has 1 aromatic heterocycles. The van der Waals surface area contributed by atoms with Gasteiger partial charge < -0.3 is 28.7 Å². The maximum Gasteiger partial charge on any atom is 0.207 e. The summed E-state index contributed by atoms with van der Waals surface area (Å²) in [5, 5.41) is 0. The number of rotatable bonds is 0. The Balaban J connectivity index is 1.53. The van der Waals surface area contributed by atoms with E-state index in [4.69, 9.17) is 0 Å². The lowest BCUT2D eigenvalue weighted by molar-refractivity contribution is -0.744. The molecule has 0 fully saturated rings. The fourth-order valence-electron chi connectivity index (χ4n) is 8.03. The molecule has 4 unspecified atom stereocenters. The van der Waals surface area contributed by atoms with Crippen molar-refractivity contribution in [2.75, 3.05) is 13.3 Å². The quantitative estimate of drug-likeness (QED) is 0.233. The van der Waals surface area contributed by atoms with Crippen LogP contribution in [0.1, 0.15) is 61.1 Å². The Morgan fingerprint density at radius 2 is 1.05 bits per heavy atom. The zero-order valence-electron chi connectivity index (χ0n) is 24.0. The summed E-state index contributed by atoms with van der Waals surface area (Å²) >= 11 is 0. The molecule has 10 rings (SSSR count). The molecule has 0 saturated carbocycles. The van der Waals surface area contributed by atoms with E-state index in [9.17, 15) is 0 Å². The largest absolute Gasteiger partial charge is 0.345 e. The summed E-state index contributed by atoms with van der Waals surface area (Å²) < 4.78 is 4.57. The lowest BCUT2D eigenvalue weighted by Crippen LogP contribution is -2.59. The Morgan fingerprint density at radius 1 is 0.585 bits per heavy atom. The fourth-order valence-corrected chi connectivity index (χ4v) is 8.03. The summed E-state index contributed by atoms with van der Waals surface area (Å²) in [6.45, 7) is 11.0. The van der Waals surface area contributed by atoms with Crippen molar-refractivity contribution in [3.8, 4) is 0 Å². The van der Waals surface area contributed by atoms with Gasteiger partial charge in [-0.25, -0.2) is 0 Å². The second-order valence-electron chi connectivity index (χ2n) is 12.8. The molecule has 0 amide bonds. The molecule has 0 radical (unpaired) electrons. The predicted molar refractivity (Wildman–Crippen MR) is 157 cm³/mol. The van der Waals surface area contributed by atoms with Crippen LogP contribution in [0.5, 0.6) is 0 Å². The van der Waals surface area contributed by atoms with Crippen LogP contribution in [0.2, 0.25) is 0 Å². The van der Waals surface area contributed by atoms with Crippen LogP contribution in [0.15, 0.2) is 110 Å². The van der Waals surface area contributed by atoms with Crippen LogP contribution >= 0.6 is 0 Å². The fraction of sp³-hybridized carbons (Fsp3) is 0.286. The van der Waals surface area contributed by atoms with Crippen LogP contribution in [0.4, 0.5) is 0 Å². The highest BCUT2D eigenvalue weighted by atomic mass is 15.5. The highest BCUT2D eigenvalue weighted by Gasteiger charge is 2.51. The number of benzene rings is 3. The molecular weight excluding hydrogens is 504 g/mol. The van der Waals surface area contributed by atoms with Crippen molar-refractivity contribution in [3.05, 3.63) is 150 Å². The Kier molecular flexibility index (Phi) is 4.11. The van der Waals surface area contributed by atoms with Crippen molar-refractivity contribution in [2.24, 2.45) is 0 Å². The Bertz CT molecular complexity index is 1820. The first-order valence-electron chi connectivity index (χ1n) is 14.6. The molecule has 6 nitrogen and oxygen atoms in total. The molecule has 4 aromatic rings. The maximum atomic E-state index is 3.85. The molecule has 0 aliphatic carbocycles. The number of aromatic nitrogens is 2. The summed E-state index contributed by atoms with van der Waals surface area (Å²) in [6.07, 6.45) is 17.4. The van der Waals surface area contributed by atoms with Crippen LogP contribution in [-0.4, -0.2) is 37.5 Å². The van der Waals surface area contributed by atoms with Crippen LogP contribution in [0, 0.1) is 6.33 Å². The first kappa shape index (κ1) is 23.3. The normalized spacial score (nSPS) is 31.7. The maximum absolute atomic E-state index is 3.85. The van der Waals surface area contributed by atoms with E-state index in [0.29, 0.717) is 0 Å². The molecule has 16 bridgehead atoms. The summed E-state index contributed by atoms with van der Waals surface area (Å²) in [5.41, 5.74) is 5.76. The van der Waals surface area contributed by atoms with Gasteiger partial charge in [0, 0.05) is 48.4 Å². The average molecular weight is 539 g/mol. The highest BCUT2D eigenvalue weighted by molar-refractivity contribution is 5.48. The van der Waals surface area contributed by atoms with Gasteiger partial charge >= 0.3 is 0 Å². The summed E-state index contributed by atoms with van der Waals surface area (Å²) in [6, 6.07) is 27.8. The third-order valence-corrected chi connectivity index (χ3v) is 11.2. The average Bonchev–Trinajstić information content (AvgIpc) is 3.80. The van der Waals surface area contributed by atoms with E-state index in [-0.39, 0.29) is 0 Å². The third-order valence-electron chi connectivity index (χ3n) is 11.2. The van der Waals surface area contributed by atoms with Gasteiger partial charge in [0.05, 0.1) is 18.9 Å². The molecule has 3 aromatic carbocycles. The van der Waals surface area contributed by atoms with E-state index in [1.165, 1.54) is 33.4 Å². The molecule has 204 valence electrons. The van der Waals surface area contributed by atoms with E-state index in [1.807, 2.05) is 0 Å². The zero-order chi connectivity index (χ0) is 27.8. The number of hydrogen-bond donors (Lipinski definition) is 0. The lowest BCUT2D eigenvalue weighted by atomic mass is 9.77.